The van der Waals surface area contributed by atoms with Crippen molar-refractivity contribution in [1.82, 2.24) is 20.4 Å². The quantitative estimate of drug-likeness (QED) is 0.892. The van der Waals surface area contributed by atoms with E-state index < -0.39 is 0 Å². The summed E-state index contributed by atoms with van der Waals surface area (Å²) >= 11 is 0. The van der Waals surface area contributed by atoms with Gasteiger partial charge < -0.3 is 9.84 Å². The molecule has 20 heavy (non-hydrogen) atoms. The molecule has 0 spiro atoms. The average molecular weight is 280 g/mol. The van der Waals surface area contributed by atoms with Crippen molar-refractivity contribution < 1.29 is 4.52 Å². The predicted molar refractivity (Wildman–Crippen MR) is 79.6 cm³/mol. The van der Waals surface area contributed by atoms with Crippen LogP contribution < -0.4 is 5.32 Å². The number of nitrogens with one attached hydrogen (secondary N) is 1. The number of aromatic nitrogens is 2. The maximum atomic E-state index is 5.22. The zero-order chi connectivity index (χ0) is 14.7. The molecule has 2 unspecified atom stereocenters. The van der Waals surface area contributed by atoms with Crippen LogP contribution in [0.1, 0.15) is 39.4 Å². The van der Waals surface area contributed by atoms with Gasteiger partial charge in [0.25, 0.3) is 0 Å². The van der Waals surface area contributed by atoms with Gasteiger partial charge in [0.1, 0.15) is 0 Å². The first-order valence-electron chi connectivity index (χ1n) is 7.74. The molecule has 0 bridgehead atoms. The Morgan fingerprint density at radius 2 is 2.05 bits per heavy atom. The van der Waals surface area contributed by atoms with Crippen molar-refractivity contribution in [2.75, 3.05) is 19.6 Å². The van der Waals surface area contributed by atoms with E-state index in [0.717, 1.165) is 37.8 Å². The van der Waals surface area contributed by atoms with Gasteiger partial charge in [-0.05, 0) is 18.8 Å². The van der Waals surface area contributed by atoms with Crippen molar-refractivity contribution in [3.05, 3.63) is 11.7 Å². The van der Waals surface area contributed by atoms with Crippen LogP contribution in [0.3, 0.4) is 0 Å². The fraction of sp³-hybridized carbons (Fsp3) is 0.867. The second-order valence-corrected chi connectivity index (χ2v) is 6.55. The first-order valence-corrected chi connectivity index (χ1v) is 7.74. The number of piperazine rings is 1. The Balaban J connectivity index is 1.96. The summed E-state index contributed by atoms with van der Waals surface area (Å²) in [5.74, 6) is 2.79. The van der Waals surface area contributed by atoms with E-state index in [1.54, 1.807) is 0 Å². The lowest BCUT2D eigenvalue weighted by atomic mass is 9.94. The molecule has 0 amide bonds. The van der Waals surface area contributed by atoms with Gasteiger partial charge >= 0.3 is 0 Å². The lowest BCUT2D eigenvalue weighted by Gasteiger charge is -2.43. The third-order valence-electron chi connectivity index (χ3n) is 4.25. The molecule has 0 radical (unpaired) electrons. The van der Waals surface area contributed by atoms with Crippen molar-refractivity contribution in [2.24, 2.45) is 11.8 Å². The summed E-state index contributed by atoms with van der Waals surface area (Å²) in [5, 5.41) is 7.55. The van der Waals surface area contributed by atoms with Gasteiger partial charge in [-0.1, -0.05) is 32.9 Å². The van der Waals surface area contributed by atoms with E-state index in [0.29, 0.717) is 23.9 Å². The highest BCUT2D eigenvalue weighted by Gasteiger charge is 2.30. The van der Waals surface area contributed by atoms with E-state index in [2.05, 4.69) is 48.1 Å². The Kier molecular flexibility index (Phi) is 5.16. The zero-order valence-corrected chi connectivity index (χ0v) is 13.4. The summed E-state index contributed by atoms with van der Waals surface area (Å²) in [4.78, 5) is 6.89. The number of aryl methyl sites for hydroxylation is 1. The molecule has 1 aliphatic rings. The van der Waals surface area contributed by atoms with Crippen molar-refractivity contribution in [1.29, 1.82) is 0 Å². The van der Waals surface area contributed by atoms with Crippen molar-refractivity contribution in [3.8, 4) is 0 Å². The maximum Gasteiger partial charge on any atom is 0.227 e. The smallest absolute Gasteiger partial charge is 0.227 e. The fourth-order valence-corrected chi connectivity index (χ4v) is 2.90. The SMILES string of the molecule is Cc1noc(CCN2CC(C(C)C)NCC2C(C)C)n1. The minimum Gasteiger partial charge on any atom is -0.339 e. The summed E-state index contributed by atoms with van der Waals surface area (Å²) < 4.78 is 5.22. The Hall–Kier alpha value is -0.940. The Morgan fingerprint density at radius 1 is 1.30 bits per heavy atom. The molecule has 1 aromatic rings. The van der Waals surface area contributed by atoms with Gasteiger partial charge in [0, 0.05) is 38.1 Å². The minimum absolute atomic E-state index is 0.578. The van der Waals surface area contributed by atoms with Gasteiger partial charge in [0.2, 0.25) is 5.89 Å². The van der Waals surface area contributed by atoms with Crippen molar-refractivity contribution in [2.45, 2.75) is 53.1 Å². The molecular weight excluding hydrogens is 252 g/mol. The topological polar surface area (TPSA) is 54.2 Å². The van der Waals surface area contributed by atoms with E-state index >= 15 is 0 Å². The molecule has 2 rings (SSSR count). The Morgan fingerprint density at radius 3 is 2.60 bits per heavy atom. The normalized spacial score (nSPS) is 24.8. The average Bonchev–Trinajstić information content (AvgIpc) is 2.81. The molecule has 1 fully saturated rings. The molecule has 0 saturated carbocycles. The summed E-state index contributed by atoms with van der Waals surface area (Å²) in [5.41, 5.74) is 0. The van der Waals surface area contributed by atoms with Crippen LogP contribution in [0.25, 0.3) is 0 Å². The molecule has 2 heterocycles. The molecular formula is C15H28N4O. The molecule has 114 valence electrons. The number of rotatable bonds is 5. The van der Waals surface area contributed by atoms with Gasteiger partial charge in [0.15, 0.2) is 5.82 Å². The van der Waals surface area contributed by atoms with E-state index in [1.165, 1.54) is 0 Å². The molecule has 1 aromatic heterocycles. The van der Waals surface area contributed by atoms with E-state index in [-0.39, 0.29) is 0 Å². The summed E-state index contributed by atoms with van der Waals surface area (Å²) in [6.07, 6.45) is 0.842. The molecule has 2 atom stereocenters. The second-order valence-electron chi connectivity index (χ2n) is 6.55. The van der Waals surface area contributed by atoms with Gasteiger partial charge in [0.05, 0.1) is 0 Å². The van der Waals surface area contributed by atoms with Crippen LogP contribution >= 0.6 is 0 Å². The standard InChI is InChI=1S/C15H28N4O/c1-10(2)13-9-19(14(8-16-13)11(3)4)7-6-15-17-12(5)18-20-15/h10-11,13-14,16H,6-9H2,1-5H3. The van der Waals surface area contributed by atoms with Crippen LogP contribution in [0.4, 0.5) is 0 Å². The maximum absolute atomic E-state index is 5.22. The van der Waals surface area contributed by atoms with Crippen molar-refractivity contribution in [3.63, 3.8) is 0 Å². The molecule has 1 N–H and O–H groups in total. The fourth-order valence-electron chi connectivity index (χ4n) is 2.90. The Bertz CT molecular complexity index is 416. The van der Waals surface area contributed by atoms with Crippen molar-refractivity contribution >= 4 is 0 Å². The van der Waals surface area contributed by atoms with Crippen LogP contribution in [-0.4, -0.2) is 46.8 Å². The largest absolute Gasteiger partial charge is 0.339 e. The van der Waals surface area contributed by atoms with Crippen LogP contribution in [0.2, 0.25) is 0 Å². The summed E-state index contributed by atoms with van der Waals surface area (Å²) in [7, 11) is 0. The highest BCUT2D eigenvalue weighted by Crippen LogP contribution is 2.18. The van der Waals surface area contributed by atoms with E-state index in [1.807, 2.05) is 6.92 Å². The lowest BCUT2D eigenvalue weighted by Crippen LogP contribution is -2.59. The molecule has 1 saturated heterocycles. The lowest BCUT2D eigenvalue weighted by molar-refractivity contribution is 0.0842. The third-order valence-corrected chi connectivity index (χ3v) is 4.25. The van der Waals surface area contributed by atoms with Crippen LogP contribution in [0.15, 0.2) is 4.52 Å². The van der Waals surface area contributed by atoms with Crippen LogP contribution in [0, 0.1) is 18.8 Å². The zero-order valence-electron chi connectivity index (χ0n) is 13.4. The molecule has 0 aliphatic carbocycles. The van der Waals surface area contributed by atoms with E-state index in [4.69, 9.17) is 4.52 Å². The van der Waals surface area contributed by atoms with Gasteiger partial charge in [-0.25, -0.2) is 0 Å². The molecule has 1 aliphatic heterocycles. The molecule has 5 nitrogen and oxygen atoms in total. The number of hydrogen-bond acceptors (Lipinski definition) is 5. The number of nitrogens with zero attached hydrogens (tertiary/aromatic N) is 3. The van der Waals surface area contributed by atoms with Gasteiger partial charge in [-0.3, -0.25) is 4.90 Å². The highest BCUT2D eigenvalue weighted by atomic mass is 16.5. The van der Waals surface area contributed by atoms with E-state index in [9.17, 15) is 0 Å². The van der Waals surface area contributed by atoms with Gasteiger partial charge in [-0.15, -0.1) is 0 Å². The second kappa shape index (κ2) is 6.68. The highest BCUT2D eigenvalue weighted by molar-refractivity contribution is 4.91. The summed E-state index contributed by atoms with van der Waals surface area (Å²) in [6, 6.07) is 1.17. The van der Waals surface area contributed by atoms with Gasteiger partial charge in [-0.2, -0.15) is 4.98 Å². The summed E-state index contributed by atoms with van der Waals surface area (Å²) in [6.45, 7) is 14.2. The van der Waals surface area contributed by atoms with Crippen LogP contribution in [-0.2, 0) is 6.42 Å². The first-order chi connectivity index (χ1) is 9.47. The number of hydrogen-bond donors (Lipinski definition) is 1. The molecule has 5 heteroatoms. The third kappa shape index (κ3) is 3.79. The Labute approximate surface area is 122 Å². The molecule has 0 aromatic carbocycles. The monoisotopic (exact) mass is 280 g/mol. The predicted octanol–water partition coefficient (Wildman–Crippen LogP) is 1.87. The minimum atomic E-state index is 0.578. The van der Waals surface area contributed by atoms with Crippen LogP contribution in [0.5, 0.6) is 0 Å². The first kappa shape index (κ1) is 15.4.